The number of ether oxygens (including phenoxy) is 1. The van der Waals surface area contributed by atoms with E-state index in [2.05, 4.69) is 34.6 Å². The second-order valence-corrected chi connectivity index (χ2v) is 13.0. The van der Waals surface area contributed by atoms with Gasteiger partial charge in [-0.2, -0.15) is 0 Å². The molecular weight excluding hydrogens is 356 g/mol. The molecule has 0 aromatic rings. The smallest absolute Gasteiger partial charge is 0.103 e. The molecule has 2 heteroatoms. The SMILES string of the molecule is CC(C)CCC[C@@H](C)[C@@H]1CC[C@H]2[C@H]3C[C@@H]4O[C@@]45C[C@@H](O)CC[C@]5(C)[C@@H]3CC[C@@]21C. The summed E-state index contributed by atoms with van der Waals surface area (Å²) in [6, 6.07) is 0. The summed E-state index contributed by atoms with van der Waals surface area (Å²) < 4.78 is 6.51. The van der Waals surface area contributed by atoms with Gasteiger partial charge in [-0.05, 0) is 85.9 Å². The monoisotopic (exact) mass is 402 g/mol. The van der Waals surface area contributed by atoms with Crippen LogP contribution in [0.25, 0.3) is 0 Å². The van der Waals surface area contributed by atoms with Gasteiger partial charge in [0.1, 0.15) is 5.60 Å². The zero-order valence-electron chi connectivity index (χ0n) is 19.8. The van der Waals surface area contributed by atoms with E-state index in [1.54, 1.807) is 0 Å². The van der Waals surface area contributed by atoms with Crippen molar-refractivity contribution < 1.29 is 9.84 Å². The molecular formula is C27H46O2. The number of hydrogen-bond donors (Lipinski definition) is 1. The zero-order valence-corrected chi connectivity index (χ0v) is 19.8. The third-order valence-corrected chi connectivity index (χ3v) is 11.3. The minimum absolute atomic E-state index is 0.0434. The molecule has 4 saturated carbocycles. The van der Waals surface area contributed by atoms with Gasteiger partial charge in [0.2, 0.25) is 0 Å². The molecule has 1 heterocycles. The Labute approximate surface area is 179 Å². The fourth-order valence-corrected chi connectivity index (χ4v) is 9.68. The van der Waals surface area contributed by atoms with Crippen LogP contribution in [-0.2, 0) is 4.74 Å². The van der Waals surface area contributed by atoms with Crippen molar-refractivity contribution in [1.29, 1.82) is 0 Å². The average molecular weight is 403 g/mol. The first-order valence-corrected chi connectivity index (χ1v) is 13.1. The maximum atomic E-state index is 10.4. The number of aliphatic hydroxyl groups is 1. The second-order valence-electron chi connectivity index (χ2n) is 13.0. The van der Waals surface area contributed by atoms with E-state index in [4.69, 9.17) is 4.74 Å². The average Bonchev–Trinajstić information content (AvgIpc) is 3.22. The summed E-state index contributed by atoms with van der Waals surface area (Å²) in [5.41, 5.74) is 0.932. The van der Waals surface area contributed by atoms with Crippen molar-refractivity contribution in [3.05, 3.63) is 0 Å². The lowest BCUT2D eigenvalue weighted by Gasteiger charge is -2.59. The van der Waals surface area contributed by atoms with E-state index in [0.29, 0.717) is 16.9 Å². The highest BCUT2D eigenvalue weighted by Gasteiger charge is 2.76. The molecule has 5 aliphatic rings. The van der Waals surface area contributed by atoms with Gasteiger partial charge >= 0.3 is 0 Å². The van der Waals surface area contributed by atoms with Gasteiger partial charge in [-0.1, -0.05) is 53.9 Å². The number of hydrogen-bond acceptors (Lipinski definition) is 2. The van der Waals surface area contributed by atoms with Gasteiger partial charge in [0.15, 0.2) is 0 Å². The fraction of sp³-hybridized carbons (Fsp3) is 1.00. The summed E-state index contributed by atoms with van der Waals surface area (Å²) in [4.78, 5) is 0. The Kier molecular flexibility index (Phi) is 4.99. The van der Waals surface area contributed by atoms with E-state index >= 15 is 0 Å². The second kappa shape index (κ2) is 6.96. The maximum absolute atomic E-state index is 10.4. The van der Waals surface area contributed by atoms with Gasteiger partial charge in [0.25, 0.3) is 0 Å². The molecule has 1 N–H and O–H groups in total. The van der Waals surface area contributed by atoms with Gasteiger partial charge in [-0.15, -0.1) is 0 Å². The van der Waals surface area contributed by atoms with E-state index in [1.165, 1.54) is 57.8 Å². The van der Waals surface area contributed by atoms with Crippen LogP contribution in [0.15, 0.2) is 0 Å². The van der Waals surface area contributed by atoms with Gasteiger partial charge < -0.3 is 9.84 Å². The highest BCUT2D eigenvalue weighted by molar-refractivity contribution is 5.24. The molecule has 0 bridgehead atoms. The largest absolute Gasteiger partial charge is 0.393 e. The Balaban J connectivity index is 1.33. The standard InChI is InChI=1S/C27H46O2/c1-17(2)7-6-8-18(3)21-9-10-22-20-15-24-27(29-24)16-19(28)11-14-26(27,5)23(20)12-13-25(21,22)4/h17-24,28H,6-16H2,1-5H3/t18-,19+,20-,21+,22+,23-,24+,25-,26-,27+/m1/s1. The molecule has 1 aliphatic heterocycles. The van der Waals surface area contributed by atoms with E-state index in [0.717, 1.165) is 48.3 Å². The van der Waals surface area contributed by atoms with Crippen LogP contribution < -0.4 is 0 Å². The maximum Gasteiger partial charge on any atom is 0.103 e. The Morgan fingerprint density at radius 3 is 2.52 bits per heavy atom. The molecule has 0 aromatic heterocycles. The number of aliphatic hydroxyl groups excluding tert-OH is 1. The van der Waals surface area contributed by atoms with Crippen LogP contribution in [0.4, 0.5) is 0 Å². The van der Waals surface area contributed by atoms with Gasteiger partial charge in [-0.25, -0.2) is 0 Å². The minimum atomic E-state index is -0.124. The van der Waals surface area contributed by atoms with Crippen molar-refractivity contribution in [2.45, 2.75) is 123 Å². The lowest BCUT2D eigenvalue weighted by Crippen LogP contribution is -2.58. The summed E-state index contributed by atoms with van der Waals surface area (Å²) in [5.74, 6) is 5.31. The number of epoxide rings is 1. The van der Waals surface area contributed by atoms with E-state index < -0.39 is 0 Å². The normalized spacial score (nSPS) is 54.3. The molecule has 4 aliphatic carbocycles. The fourth-order valence-electron chi connectivity index (χ4n) is 9.68. The highest BCUT2D eigenvalue weighted by atomic mass is 16.6. The Morgan fingerprint density at radius 1 is 0.966 bits per heavy atom. The predicted molar refractivity (Wildman–Crippen MR) is 119 cm³/mol. The quantitative estimate of drug-likeness (QED) is 0.525. The summed E-state index contributed by atoms with van der Waals surface area (Å²) >= 11 is 0. The van der Waals surface area contributed by atoms with Crippen LogP contribution in [0.1, 0.15) is 105 Å². The van der Waals surface area contributed by atoms with Crippen LogP contribution in [0.2, 0.25) is 0 Å². The lowest BCUT2D eigenvalue weighted by molar-refractivity contribution is -0.116. The third-order valence-electron chi connectivity index (χ3n) is 11.3. The molecule has 29 heavy (non-hydrogen) atoms. The predicted octanol–water partition coefficient (Wildman–Crippen LogP) is 6.60. The topological polar surface area (TPSA) is 32.8 Å². The molecule has 10 atom stereocenters. The van der Waals surface area contributed by atoms with Crippen LogP contribution in [0.3, 0.4) is 0 Å². The number of fused-ring (bicyclic) bond motifs is 4. The van der Waals surface area contributed by atoms with Crippen LogP contribution in [0, 0.1) is 46.3 Å². The molecule has 2 nitrogen and oxygen atoms in total. The Bertz CT molecular complexity index is 630. The third kappa shape index (κ3) is 2.94. The van der Waals surface area contributed by atoms with Crippen LogP contribution >= 0.6 is 0 Å². The molecule has 0 amide bonds. The van der Waals surface area contributed by atoms with Crippen molar-refractivity contribution in [3.63, 3.8) is 0 Å². The van der Waals surface area contributed by atoms with Crippen molar-refractivity contribution in [2.24, 2.45) is 46.3 Å². The molecule has 0 unspecified atom stereocenters. The van der Waals surface area contributed by atoms with Crippen molar-refractivity contribution >= 4 is 0 Å². The Hall–Kier alpha value is -0.0800. The highest BCUT2D eigenvalue weighted by Crippen LogP contribution is 2.74. The molecule has 5 fully saturated rings. The van der Waals surface area contributed by atoms with E-state index in [-0.39, 0.29) is 11.7 Å². The summed E-state index contributed by atoms with van der Waals surface area (Å²) in [6.07, 6.45) is 14.8. The van der Waals surface area contributed by atoms with E-state index in [1.807, 2.05) is 0 Å². The molecule has 1 spiro atoms. The summed E-state index contributed by atoms with van der Waals surface area (Å²) in [5, 5.41) is 10.4. The van der Waals surface area contributed by atoms with Crippen LogP contribution in [-0.4, -0.2) is 22.9 Å². The lowest BCUT2D eigenvalue weighted by atomic mass is 9.44. The van der Waals surface area contributed by atoms with Gasteiger partial charge in [-0.3, -0.25) is 0 Å². The van der Waals surface area contributed by atoms with E-state index in [9.17, 15) is 5.11 Å². The Morgan fingerprint density at radius 2 is 1.76 bits per heavy atom. The van der Waals surface area contributed by atoms with Crippen LogP contribution in [0.5, 0.6) is 0 Å². The molecule has 0 radical (unpaired) electrons. The summed E-state index contributed by atoms with van der Waals surface area (Å²) in [6.45, 7) is 12.6. The van der Waals surface area contributed by atoms with Crippen molar-refractivity contribution in [3.8, 4) is 0 Å². The minimum Gasteiger partial charge on any atom is -0.393 e. The van der Waals surface area contributed by atoms with Gasteiger partial charge in [0, 0.05) is 11.8 Å². The zero-order chi connectivity index (χ0) is 20.6. The van der Waals surface area contributed by atoms with Gasteiger partial charge in [0.05, 0.1) is 12.2 Å². The molecule has 166 valence electrons. The first kappa shape index (κ1) is 20.8. The first-order valence-electron chi connectivity index (χ1n) is 13.1. The van der Waals surface area contributed by atoms with Crippen molar-refractivity contribution in [1.82, 2.24) is 0 Å². The number of rotatable bonds is 5. The molecule has 1 saturated heterocycles. The molecule has 0 aromatic carbocycles. The van der Waals surface area contributed by atoms with Crippen molar-refractivity contribution in [2.75, 3.05) is 0 Å². The molecule has 5 rings (SSSR count). The summed E-state index contributed by atoms with van der Waals surface area (Å²) in [7, 11) is 0. The first-order chi connectivity index (χ1) is 13.7.